The lowest BCUT2D eigenvalue weighted by Gasteiger charge is -2.51. The van der Waals surface area contributed by atoms with Crippen molar-refractivity contribution in [2.75, 3.05) is 18.1 Å². The monoisotopic (exact) mass is 270 g/mol. The molecule has 2 aliphatic rings. The van der Waals surface area contributed by atoms with Gasteiger partial charge in [-0.25, -0.2) is 0 Å². The first kappa shape index (κ1) is 14.7. The van der Waals surface area contributed by atoms with Crippen molar-refractivity contribution in [3.63, 3.8) is 0 Å². The van der Waals surface area contributed by atoms with E-state index in [1.165, 1.54) is 37.2 Å². The zero-order valence-corrected chi connectivity index (χ0v) is 13.3. The van der Waals surface area contributed by atoms with Gasteiger partial charge in [-0.1, -0.05) is 27.7 Å². The Morgan fingerprint density at radius 3 is 2.44 bits per heavy atom. The zero-order valence-electron chi connectivity index (χ0n) is 12.5. The van der Waals surface area contributed by atoms with Gasteiger partial charge >= 0.3 is 0 Å². The summed E-state index contributed by atoms with van der Waals surface area (Å²) in [5.41, 5.74) is 7.16. The van der Waals surface area contributed by atoms with Crippen molar-refractivity contribution in [1.29, 1.82) is 0 Å². The summed E-state index contributed by atoms with van der Waals surface area (Å²) in [6.07, 6.45) is 5.24. The third-order valence-electron chi connectivity index (χ3n) is 5.31. The first-order valence-electron chi connectivity index (χ1n) is 7.36. The summed E-state index contributed by atoms with van der Waals surface area (Å²) in [7, 11) is 0. The molecule has 2 atom stereocenters. The summed E-state index contributed by atoms with van der Waals surface area (Å²) in [5.74, 6) is 2.46. The van der Waals surface area contributed by atoms with E-state index in [9.17, 15) is 0 Å². The Hall–Kier alpha value is 0.270. The fourth-order valence-corrected chi connectivity index (χ4v) is 5.33. The fraction of sp³-hybridized carbons (Fsp3) is 1.00. The van der Waals surface area contributed by atoms with E-state index in [1.807, 2.05) is 0 Å². The smallest absolute Gasteiger partial charge is 0.0449 e. The van der Waals surface area contributed by atoms with Crippen molar-refractivity contribution in [3.8, 4) is 0 Å². The van der Waals surface area contributed by atoms with Crippen LogP contribution in [0, 0.1) is 10.8 Å². The lowest BCUT2D eigenvalue weighted by molar-refractivity contribution is 0.120. The van der Waals surface area contributed by atoms with Gasteiger partial charge in [0.1, 0.15) is 0 Å². The lowest BCUT2D eigenvalue weighted by Crippen LogP contribution is -2.66. The average molecular weight is 270 g/mol. The minimum Gasteiger partial charge on any atom is -0.329 e. The van der Waals surface area contributed by atoms with E-state index in [4.69, 9.17) is 5.73 Å². The molecule has 18 heavy (non-hydrogen) atoms. The molecule has 3 heteroatoms. The van der Waals surface area contributed by atoms with Crippen LogP contribution < -0.4 is 11.1 Å². The van der Waals surface area contributed by atoms with Crippen LogP contribution in [0.2, 0.25) is 0 Å². The Bertz CT molecular complexity index is 301. The average Bonchev–Trinajstić information content (AvgIpc) is 2.61. The van der Waals surface area contributed by atoms with E-state index < -0.39 is 0 Å². The van der Waals surface area contributed by atoms with Gasteiger partial charge in [0.2, 0.25) is 0 Å². The predicted molar refractivity (Wildman–Crippen MR) is 82.1 cm³/mol. The van der Waals surface area contributed by atoms with E-state index in [2.05, 4.69) is 44.8 Å². The van der Waals surface area contributed by atoms with Crippen molar-refractivity contribution in [2.24, 2.45) is 16.6 Å². The maximum Gasteiger partial charge on any atom is 0.0449 e. The second-order valence-corrected chi connectivity index (χ2v) is 8.83. The summed E-state index contributed by atoms with van der Waals surface area (Å²) in [4.78, 5) is 0. The van der Waals surface area contributed by atoms with Crippen LogP contribution in [-0.4, -0.2) is 29.6 Å². The maximum absolute atomic E-state index is 6.18. The molecule has 1 aliphatic carbocycles. The zero-order chi connectivity index (χ0) is 13.4. The molecule has 1 aliphatic heterocycles. The van der Waals surface area contributed by atoms with E-state index in [1.54, 1.807) is 0 Å². The van der Waals surface area contributed by atoms with Crippen molar-refractivity contribution in [3.05, 3.63) is 0 Å². The molecule has 106 valence electrons. The van der Waals surface area contributed by atoms with Crippen LogP contribution in [0.4, 0.5) is 0 Å². The molecule has 2 unspecified atom stereocenters. The van der Waals surface area contributed by atoms with Gasteiger partial charge in [0.15, 0.2) is 0 Å². The van der Waals surface area contributed by atoms with Gasteiger partial charge in [-0.15, -0.1) is 0 Å². The molecule has 3 N–H and O–H groups in total. The normalized spacial score (nSPS) is 38.8. The highest BCUT2D eigenvalue weighted by atomic mass is 32.2. The van der Waals surface area contributed by atoms with Crippen LogP contribution in [-0.2, 0) is 0 Å². The lowest BCUT2D eigenvalue weighted by atomic mass is 9.70. The van der Waals surface area contributed by atoms with E-state index in [0.717, 1.165) is 6.54 Å². The predicted octanol–water partition coefficient (Wildman–Crippen LogP) is 3.02. The molecular weight excluding hydrogens is 240 g/mol. The first-order valence-corrected chi connectivity index (χ1v) is 8.51. The number of rotatable bonds is 3. The molecule has 0 aromatic rings. The third-order valence-corrected chi connectivity index (χ3v) is 6.50. The number of hydrogen-bond donors (Lipinski definition) is 2. The molecule has 2 fully saturated rings. The Kier molecular flexibility index (Phi) is 4.07. The van der Waals surface area contributed by atoms with E-state index in [0.29, 0.717) is 16.9 Å². The Labute approximate surface area is 117 Å². The quantitative estimate of drug-likeness (QED) is 0.828. The second-order valence-electron chi connectivity index (χ2n) is 7.72. The molecule has 0 aromatic heterocycles. The Morgan fingerprint density at radius 1 is 1.22 bits per heavy atom. The molecule has 1 saturated heterocycles. The molecule has 0 aromatic carbocycles. The first-order chi connectivity index (χ1) is 8.30. The minimum absolute atomic E-state index is 0.140. The number of nitrogens with one attached hydrogen (secondary N) is 1. The van der Waals surface area contributed by atoms with Crippen LogP contribution in [0.5, 0.6) is 0 Å². The van der Waals surface area contributed by atoms with Crippen molar-refractivity contribution >= 4 is 11.8 Å². The molecule has 2 rings (SSSR count). The third kappa shape index (κ3) is 2.73. The fourth-order valence-electron chi connectivity index (χ4n) is 3.59. The van der Waals surface area contributed by atoms with Gasteiger partial charge in [0.05, 0.1) is 0 Å². The summed E-state index contributed by atoms with van der Waals surface area (Å²) in [6.45, 7) is 10.3. The van der Waals surface area contributed by atoms with Crippen LogP contribution in [0.1, 0.15) is 53.4 Å². The van der Waals surface area contributed by atoms with E-state index >= 15 is 0 Å². The number of hydrogen-bond acceptors (Lipinski definition) is 3. The van der Waals surface area contributed by atoms with Gasteiger partial charge in [-0.05, 0) is 42.3 Å². The second kappa shape index (κ2) is 4.99. The Morgan fingerprint density at radius 2 is 1.94 bits per heavy atom. The highest BCUT2D eigenvalue weighted by Gasteiger charge is 2.48. The summed E-state index contributed by atoms with van der Waals surface area (Å²) >= 11 is 2.07. The van der Waals surface area contributed by atoms with Crippen LogP contribution in [0.25, 0.3) is 0 Å². The summed E-state index contributed by atoms with van der Waals surface area (Å²) in [5, 5.41) is 3.98. The summed E-state index contributed by atoms with van der Waals surface area (Å²) in [6, 6.07) is 0.668. The van der Waals surface area contributed by atoms with Crippen molar-refractivity contribution in [1.82, 2.24) is 5.32 Å². The van der Waals surface area contributed by atoms with Crippen LogP contribution in [0.15, 0.2) is 0 Å². The molecule has 0 amide bonds. The number of nitrogens with two attached hydrogens (primary N) is 1. The van der Waals surface area contributed by atoms with Crippen LogP contribution in [0.3, 0.4) is 0 Å². The van der Waals surface area contributed by atoms with E-state index in [-0.39, 0.29) is 5.54 Å². The van der Waals surface area contributed by atoms with Crippen LogP contribution >= 0.6 is 11.8 Å². The SMILES string of the molecule is CC1(C)CCC(NC2(CN)CSCCC2(C)C)C1. The van der Waals surface area contributed by atoms with Crippen molar-refractivity contribution in [2.45, 2.75) is 65.0 Å². The highest BCUT2D eigenvalue weighted by Crippen LogP contribution is 2.44. The maximum atomic E-state index is 6.18. The molecule has 1 heterocycles. The molecular formula is C15H30N2S. The van der Waals surface area contributed by atoms with Gasteiger partial charge in [0, 0.05) is 23.9 Å². The topological polar surface area (TPSA) is 38.0 Å². The molecule has 2 nitrogen and oxygen atoms in total. The highest BCUT2D eigenvalue weighted by molar-refractivity contribution is 7.99. The Balaban J connectivity index is 2.08. The van der Waals surface area contributed by atoms with Gasteiger partial charge in [-0.3, -0.25) is 0 Å². The standard InChI is InChI=1S/C15H30N2S/c1-13(2)6-5-12(9-13)17-15(10-16)11-18-8-7-14(15,3)4/h12,17H,5-11,16H2,1-4H3. The van der Waals surface area contributed by atoms with Gasteiger partial charge in [-0.2, -0.15) is 11.8 Å². The molecule has 1 saturated carbocycles. The largest absolute Gasteiger partial charge is 0.329 e. The summed E-state index contributed by atoms with van der Waals surface area (Å²) < 4.78 is 0. The minimum atomic E-state index is 0.140. The van der Waals surface area contributed by atoms with Crippen molar-refractivity contribution < 1.29 is 0 Å². The molecule has 0 bridgehead atoms. The molecule has 0 spiro atoms. The van der Waals surface area contributed by atoms with Gasteiger partial charge in [0.25, 0.3) is 0 Å². The van der Waals surface area contributed by atoms with Gasteiger partial charge < -0.3 is 11.1 Å². The molecule has 0 radical (unpaired) electrons. The number of thioether (sulfide) groups is 1.